The predicted molar refractivity (Wildman–Crippen MR) is 19.3 cm³/mol. The van der Waals surface area contributed by atoms with Crippen LogP contribution in [0.1, 0.15) is 0 Å². The Kier molecular flexibility index (Phi) is 3.91. The quantitative estimate of drug-likeness (QED) is 0.432. The summed E-state index contributed by atoms with van der Waals surface area (Å²) in [6, 6.07) is 0. The molecule has 0 aliphatic heterocycles. The fourth-order valence-corrected chi connectivity index (χ4v) is 0. The first-order valence-electron chi connectivity index (χ1n) is 1.18. The van der Waals surface area contributed by atoms with E-state index in [-0.39, 0.29) is 6.67 Å². The van der Waals surface area contributed by atoms with Crippen LogP contribution in [-0.2, 0) is 0 Å². The van der Waals surface area contributed by atoms with Crippen LogP contribution >= 0.6 is 0 Å². The first-order valence-corrected chi connectivity index (χ1v) is 2.89. The monoisotopic (exact) mass is 124 g/mol. The van der Waals surface area contributed by atoms with Crippen molar-refractivity contribution in [3.63, 3.8) is 0 Å². The van der Waals surface area contributed by atoms with Gasteiger partial charge in [0.05, 0.1) is 0 Å². The third-order valence-electron chi connectivity index (χ3n) is 0.109. The van der Waals surface area contributed by atoms with E-state index in [4.69, 9.17) is 0 Å². The van der Waals surface area contributed by atoms with Gasteiger partial charge in [0.1, 0.15) is 0 Å². The van der Waals surface area contributed by atoms with Gasteiger partial charge in [-0.1, -0.05) is 0 Å². The summed E-state index contributed by atoms with van der Waals surface area (Å²) in [5, 5.41) is 0.715. The van der Waals surface area contributed by atoms with E-state index in [2.05, 4.69) is 0 Å². The number of hydrogen-bond acceptors (Lipinski definition) is 0. The van der Waals surface area contributed by atoms with Gasteiger partial charge in [-0.3, -0.25) is 0 Å². The van der Waals surface area contributed by atoms with Gasteiger partial charge in [0, 0.05) is 0 Å². The SMILES string of the molecule is FCC[AsH2]. The second-order valence-corrected chi connectivity index (χ2v) is 1.69. The summed E-state index contributed by atoms with van der Waals surface area (Å²) in [5.41, 5.74) is 0. The second-order valence-electron chi connectivity index (χ2n) is 0.478. The van der Waals surface area contributed by atoms with Crippen molar-refractivity contribution in [1.29, 1.82) is 0 Å². The maximum absolute atomic E-state index is 10.7. The summed E-state index contributed by atoms with van der Waals surface area (Å²) in [6.45, 7) is -0.153. The minimum absolute atomic E-state index is 0.153. The summed E-state index contributed by atoms with van der Waals surface area (Å²) in [7, 11) is 0. The van der Waals surface area contributed by atoms with E-state index in [1.54, 1.807) is 0 Å². The third kappa shape index (κ3) is 2.49. The molecule has 0 saturated carbocycles. The summed E-state index contributed by atoms with van der Waals surface area (Å²) < 4.78 is 10.7. The fourth-order valence-electron chi connectivity index (χ4n) is 0. The standard InChI is InChI=1S/C2H6AsF/c3-1-2-4/h1-3H2. The Labute approximate surface area is 33.9 Å². The molecular formula is C2H6AsF. The van der Waals surface area contributed by atoms with Crippen LogP contribution in [0.15, 0.2) is 0 Å². The Balaban J connectivity index is 1.97. The van der Waals surface area contributed by atoms with Crippen molar-refractivity contribution < 1.29 is 4.39 Å². The summed E-state index contributed by atoms with van der Waals surface area (Å²) in [6.07, 6.45) is 0. The van der Waals surface area contributed by atoms with E-state index >= 15 is 0 Å². The average Bonchev–Trinajstić information content (AvgIpc) is 1.37. The Morgan fingerprint density at radius 2 is 2.00 bits per heavy atom. The van der Waals surface area contributed by atoms with Gasteiger partial charge in [-0.25, -0.2) is 0 Å². The van der Waals surface area contributed by atoms with Crippen molar-refractivity contribution in [3.8, 4) is 0 Å². The molecule has 1 atom stereocenters. The molecule has 0 aromatic heterocycles. The van der Waals surface area contributed by atoms with E-state index < -0.39 is 0 Å². The zero-order chi connectivity index (χ0) is 3.41. The molecule has 1 unspecified atom stereocenters. The average molecular weight is 124 g/mol. The van der Waals surface area contributed by atoms with Crippen molar-refractivity contribution in [2.75, 3.05) is 6.67 Å². The second kappa shape index (κ2) is 3.49. The number of halogens is 1. The van der Waals surface area contributed by atoms with Crippen LogP contribution < -0.4 is 0 Å². The molecule has 0 aliphatic rings. The zero-order valence-electron chi connectivity index (χ0n) is 2.37. The number of alkyl halides is 1. The molecule has 26 valence electrons. The Morgan fingerprint density at radius 3 is 2.00 bits per heavy atom. The van der Waals surface area contributed by atoms with Crippen molar-refractivity contribution >= 4 is 16.9 Å². The van der Waals surface area contributed by atoms with Crippen LogP contribution in [0.3, 0.4) is 0 Å². The third-order valence-corrected chi connectivity index (χ3v) is 0.567. The predicted octanol–water partition coefficient (Wildman–Crippen LogP) is 0.00730. The van der Waals surface area contributed by atoms with Gasteiger partial charge < -0.3 is 0 Å². The van der Waals surface area contributed by atoms with Crippen molar-refractivity contribution in [2.24, 2.45) is 0 Å². The topological polar surface area (TPSA) is 0 Å². The molecule has 0 aliphatic carbocycles. The van der Waals surface area contributed by atoms with E-state index in [1.807, 2.05) is 0 Å². The Morgan fingerprint density at radius 1 is 1.75 bits per heavy atom. The Bertz CT molecular complexity index is 8.00. The molecule has 0 N–H and O–H groups in total. The van der Waals surface area contributed by atoms with Gasteiger partial charge in [-0.2, -0.15) is 0 Å². The number of rotatable bonds is 1. The van der Waals surface area contributed by atoms with Crippen LogP contribution in [0.25, 0.3) is 0 Å². The molecule has 0 rings (SSSR count). The molecule has 0 aromatic carbocycles. The molecule has 0 spiro atoms. The molecule has 0 bridgehead atoms. The summed E-state index contributed by atoms with van der Waals surface area (Å²) >= 11 is 1.45. The summed E-state index contributed by atoms with van der Waals surface area (Å²) in [4.78, 5) is 0. The van der Waals surface area contributed by atoms with E-state index in [0.717, 1.165) is 0 Å². The van der Waals surface area contributed by atoms with Gasteiger partial charge >= 0.3 is 33.1 Å². The zero-order valence-corrected chi connectivity index (χ0v) is 4.79. The molecule has 4 heavy (non-hydrogen) atoms. The van der Waals surface area contributed by atoms with Crippen LogP contribution in [0, 0.1) is 0 Å². The van der Waals surface area contributed by atoms with Crippen molar-refractivity contribution in [2.45, 2.75) is 5.21 Å². The first kappa shape index (κ1) is 4.49. The molecule has 0 nitrogen and oxygen atoms in total. The molecule has 2 heteroatoms. The van der Waals surface area contributed by atoms with Gasteiger partial charge in [0.15, 0.2) is 0 Å². The molecule has 0 saturated heterocycles. The molecule has 0 heterocycles. The van der Waals surface area contributed by atoms with Gasteiger partial charge in [-0.15, -0.1) is 0 Å². The van der Waals surface area contributed by atoms with Crippen LogP contribution in [-0.4, -0.2) is 23.5 Å². The van der Waals surface area contributed by atoms with E-state index in [1.165, 1.54) is 16.9 Å². The van der Waals surface area contributed by atoms with E-state index in [9.17, 15) is 4.39 Å². The summed E-state index contributed by atoms with van der Waals surface area (Å²) in [5.74, 6) is 0. The van der Waals surface area contributed by atoms with Gasteiger partial charge in [0.25, 0.3) is 0 Å². The normalized spacial score (nSPS) is 7.50. The van der Waals surface area contributed by atoms with Gasteiger partial charge in [0.2, 0.25) is 0 Å². The van der Waals surface area contributed by atoms with Crippen LogP contribution in [0.2, 0.25) is 5.21 Å². The van der Waals surface area contributed by atoms with E-state index in [0.29, 0.717) is 5.21 Å². The molecule has 0 radical (unpaired) electrons. The Hall–Kier alpha value is 0.488. The molecule has 0 fully saturated rings. The number of hydrogen-bond donors (Lipinski definition) is 0. The maximum atomic E-state index is 10.7. The van der Waals surface area contributed by atoms with Gasteiger partial charge in [-0.05, 0) is 0 Å². The molecule has 0 aromatic rings. The van der Waals surface area contributed by atoms with Crippen molar-refractivity contribution in [3.05, 3.63) is 0 Å². The molecular weight excluding hydrogens is 118 g/mol. The fraction of sp³-hybridized carbons (Fsp3) is 1.00. The van der Waals surface area contributed by atoms with Crippen LogP contribution in [0.5, 0.6) is 0 Å². The molecule has 0 amide bonds. The van der Waals surface area contributed by atoms with Crippen LogP contribution in [0.4, 0.5) is 4.39 Å². The minimum atomic E-state index is -0.153. The van der Waals surface area contributed by atoms with Crippen molar-refractivity contribution in [1.82, 2.24) is 0 Å². The first-order chi connectivity index (χ1) is 1.91.